The van der Waals surface area contributed by atoms with Gasteiger partial charge in [-0.25, -0.2) is 4.99 Å². The summed E-state index contributed by atoms with van der Waals surface area (Å²) in [5.41, 5.74) is 4.10. The van der Waals surface area contributed by atoms with Crippen LogP contribution >= 0.6 is 23.5 Å². The van der Waals surface area contributed by atoms with E-state index >= 15 is 0 Å². The third kappa shape index (κ3) is 4.36. The summed E-state index contributed by atoms with van der Waals surface area (Å²) in [7, 11) is 5.41. The van der Waals surface area contributed by atoms with Crippen molar-refractivity contribution in [3.8, 4) is 5.75 Å². The van der Waals surface area contributed by atoms with Gasteiger partial charge in [0.25, 0.3) is 5.91 Å². The van der Waals surface area contributed by atoms with Crippen LogP contribution in [0.3, 0.4) is 0 Å². The topological polar surface area (TPSA) is 45.1 Å². The highest BCUT2D eigenvalue weighted by Crippen LogP contribution is 2.50. The number of anilines is 1. The van der Waals surface area contributed by atoms with Gasteiger partial charge in [-0.05, 0) is 47.2 Å². The van der Waals surface area contributed by atoms with Gasteiger partial charge < -0.3 is 9.64 Å². The molecule has 5 rings (SSSR count). The maximum Gasteiger partial charge on any atom is 0.269 e. The molecule has 2 heterocycles. The molecular weight excluding hydrogens is 462 g/mol. The van der Waals surface area contributed by atoms with Crippen LogP contribution < -0.4 is 9.64 Å². The molecule has 3 aromatic carbocycles. The Morgan fingerprint density at radius 2 is 1.56 bits per heavy atom. The van der Waals surface area contributed by atoms with E-state index in [4.69, 9.17) is 9.73 Å². The second-order valence-corrected chi connectivity index (χ2v) is 9.83. The Labute approximate surface area is 207 Å². The van der Waals surface area contributed by atoms with E-state index in [1.165, 1.54) is 11.8 Å². The highest BCUT2D eigenvalue weighted by Gasteiger charge is 2.37. The van der Waals surface area contributed by atoms with Crippen LogP contribution in [0, 0.1) is 0 Å². The molecule has 2 aliphatic heterocycles. The van der Waals surface area contributed by atoms with Gasteiger partial charge in [-0.2, -0.15) is 0 Å². The number of aliphatic imine (C=N–C) groups is 1. The van der Waals surface area contributed by atoms with Crippen molar-refractivity contribution in [1.82, 2.24) is 4.90 Å². The molecule has 2 aliphatic rings. The molecule has 0 saturated carbocycles. The number of hydrogen-bond donors (Lipinski definition) is 0. The Bertz CT molecular complexity index is 1330. The predicted molar refractivity (Wildman–Crippen MR) is 144 cm³/mol. The standard InChI is InChI=1S/C27H23N3O2S2/c1-29-22-17-21(32-3)15-16-23(22)33-26(29)24-25(31)30(2)27(34-24)28-20-13-11-19(12-14-20)10-9-18-7-5-4-6-8-18/h4-17H,1-3H3. The predicted octanol–water partition coefficient (Wildman–Crippen LogP) is 6.47. The second-order valence-electron chi connectivity index (χ2n) is 7.83. The summed E-state index contributed by atoms with van der Waals surface area (Å²) in [6, 6.07) is 24.2. The van der Waals surface area contributed by atoms with E-state index in [0.717, 1.165) is 38.2 Å². The zero-order valence-electron chi connectivity index (χ0n) is 19.1. The van der Waals surface area contributed by atoms with E-state index in [9.17, 15) is 4.79 Å². The minimum absolute atomic E-state index is 0.0414. The molecule has 34 heavy (non-hydrogen) atoms. The van der Waals surface area contributed by atoms with Gasteiger partial charge in [0, 0.05) is 25.1 Å². The molecule has 0 unspecified atom stereocenters. The average Bonchev–Trinajstić information content (AvgIpc) is 3.34. The van der Waals surface area contributed by atoms with E-state index in [-0.39, 0.29) is 5.91 Å². The number of amides is 1. The van der Waals surface area contributed by atoms with Crippen LogP contribution in [0.25, 0.3) is 12.2 Å². The van der Waals surface area contributed by atoms with Crippen LogP contribution in [-0.4, -0.2) is 37.2 Å². The molecule has 5 nitrogen and oxygen atoms in total. The lowest BCUT2D eigenvalue weighted by atomic mass is 10.1. The number of thioether (sulfide) groups is 2. The molecule has 0 atom stereocenters. The molecule has 0 radical (unpaired) electrons. The molecule has 0 bridgehead atoms. The monoisotopic (exact) mass is 485 g/mol. The molecule has 7 heteroatoms. The fourth-order valence-electron chi connectivity index (χ4n) is 3.66. The van der Waals surface area contributed by atoms with Crippen LogP contribution in [-0.2, 0) is 4.79 Å². The molecule has 0 aromatic heterocycles. The highest BCUT2D eigenvalue weighted by atomic mass is 32.2. The summed E-state index contributed by atoms with van der Waals surface area (Å²) < 4.78 is 5.36. The zero-order chi connectivity index (χ0) is 23.7. The fraction of sp³-hybridized carbons (Fsp3) is 0.111. The van der Waals surface area contributed by atoms with Crippen LogP contribution in [0.2, 0.25) is 0 Å². The number of benzene rings is 3. The molecule has 1 saturated heterocycles. The van der Waals surface area contributed by atoms with Crippen LogP contribution in [0.5, 0.6) is 5.75 Å². The first kappa shape index (κ1) is 22.4. The molecular formula is C27H23N3O2S2. The van der Waals surface area contributed by atoms with Crippen molar-refractivity contribution >= 4 is 58.1 Å². The van der Waals surface area contributed by atoms with E-state index in [0.29, 0.717) is 10.1 Å². The molecule has 1 amide bonds. The number of methoxy groups -OCH3 is 1. The SMILES string of the molecule is COc1ccc2c(c1)N(C)C(=C1SC(=Nc3ccc(C=Cc4ccccc4)cc3)N(C)C1=O)S2. The summed E-state index contributed by atoms with van der Waals surface area (Å²) in [6.07, 6.45) is 4.16. The smallest absolute Gasteiger partial charge is 0.269 e. The lowest BCUT2D eigenvalue weighted by Gasteiger charge is -2.15. The first-order chi connectivity index (χ1) is 16.5. The third-order valence-corrected chi connectivity index (χ3v) is 8.08. The Hall–Kier alpha value is -3.42. The van der Waals surface area contributed by atoms with Crippen molar-refractivity contribution in [3.05, 3.63) is 93.9 Å². The van der Waals surface area contributed by atoms with Gasteiger partial charge in [-0.3, -0.25) is 9.69 Å². The zero-order valence-corrected chi connectivity index (χ0v) is 20.7. The number of carbonyl (C=O) groups is 1. The minimum atomic E-state index is -0.0414. The summed E-state index contributed by atoms with van der Waals surface area (Å²) in [5.74, 6) is 0.754. The van der Waals surface area contributed by atoms with Crippen LogP contribution in [0.1, 0.15) is 11.1 Å². The Morgan fingerprint density at radius 3 is 2.26 bits per heavy atom. The minimum Gasteiger partial charge on any atom is -0.497 e. The van der Waals surface area contributed by atoms with Gasteiger partial charge in [-0.15, -0.1) is 0 Å². The number of likely N-dealkylation sites (N-methyl/N-ethyl adjacent to an activating group) is 1. The molecule has 0 aliphatic carbocycles. The molecule has 3 aromatic rings. The Kier molecular flexibility index (Phi) is 6.22. The van der Waals surface area contributed by atoms with Crippen molar-refractivity contribution in [2.45, 2.75) is 4.90 Å². The summed E-state index contributed by atoms with van der Waals surface area (Å²) in [5, 5.41) is 1.58. The van der Waals surface area contributed by atoms with Crippen molar-refractivity contribution in [3.63, 3.8) is 0 Å². The number of rotatable bonds is 4. The quantitative estimate of drug-likeness (QED) is 0.313. The van der Waals surface area contributed by atoms with Gasteiger partial charge in [-0.1, -0.05) is 66.4 Å². The van der Waals surface area contributed by atoms with Gasteiger partial charge in [0.15, 0.2) is 5.17 Å². The van der Waals surface area contributed by atoms with Crippen molar-refractivity contribution < 1.29 is 9.53 Å². The van der Waals surface area contributed by atoms with E-state index < -0.39 is 0 Å². The number of ether oxygens (including phenoxy) is 1. The Balaban J connectivity index is 1.36. The van der Waals surface area contributed by atoms with E-state index in [2.05, 4.69) is 24.3 Å². The van der Waals surface area contributed by atoms with Gasteiger partial charge in [0.1, 0.15) is 10.7 Å². The fourth-order valence-corrected chi connectivity index (χ4v) is 5.97. The van der Waals surface area contributed by atoms with Gasteiger partial charge in [0.2, 0.25) is 0 Å². The second kappa shape index (κ2) is 9.44. The molecule has 0 spiro atoms. The first-order valence-electron chi connectivity index (χ1n) is 10.7. The number of hydrogen-bond acceptors (Lipinski definition) is 6. The molecule has 0 N–H and O–H groups in total. The molecule has 1 fully saturated rings. The number of amidine groups is 1. The third-order valence-electron chi connectivity index (χ3n) is 5.60. The van der Waals surface area contributed by atoms with Crippen LogP contribution in [0.15, 0.2) is 92.6 Å². The largest absolute Gasteiger partial charge is 0.497 e. The lowest BCUT2D eigenvalue weighted by Crippen LogP contribution is -2.24. The average molecular weight is 486 g/mol. The maximum atomic E-state index is 13.1. The maximum absolute atomic E-state index is 13.1. The normalized spacial score (nSPS) is 18.9. The first-order valence-corrected chi connectivity index (χ1v) is 12.4. The van der Waals surface area contributed by atoms with Gasteiger partial charge in [0.05, 0.1) is 23.5 Å². The van der Waals surface area contributed by atoms with Crippen LogP contribution in [0.4, 0.5) is 11.4 Å². The van der Waals surface area contributed by atoms with E-state index in [1.807, 2.05) is 72.6 Å². The summed E-state index contributed by atoms with van der Waals surface area (Å²) >= 11 is 3.01. The number of nitrogens with zero attached hydrogens (tertiary/aromatic N) is 3. The van der Waals surface area contributed by atoms with E-state index in [1.54, 1.807) is 30.8 Å². The summed E-state index contributed by atoms with van der Waals surface area (Å²) in [6.45, 7) is 0. The molecule has 170 valence electrons. The summed E-state index contributed by atoms with van der Waals surface area (Å²) in [4.78, 5) is 23.3. The highest BCUT2D eigenvalue weighted by molar-refractivity contribution is 8.19. The van der Waals surface area contributed by atoms with Crippen molar-refractivity contribution in [2.24, 2.45) is 4.99 Å². The number of carbonyl (C=O) groups excluding carboxylic acids is 1. The lowest BCUT2D eigenvalue weighted by molar-refractivity contribution is -0.121. The number of fused-ring (bicyclic) bond motifs is 1. The van der Waals surface area contributed by atoms with Crippen molar-refractivity contribution in [2.75, 3.05) is 26.1 Å². The Morgan fingerprint density at radius 1 is 0.853 bits per heavy atom. The van der Waals surface area contributed by atoms with Crippen molar-refractivity contribution in [1.29, 1.82) is 0 Å². The van der Waals surface area contributed by atoms with Gasteiger partial charge >= 0.3 is 0 Å².